The highest BCUT2D eigenvalue weighted by Gasteiger charge is 2.29. The van der Waals surface area contributed by atoms with Crippen LogP contribution in [0.25, 0.3) is 0 Å². The average Bonchev–Trinajstić information content (AvgIpc) is 2.98. The van der Waals surface area contributed by atoms with E-state index in [4.69, 9.17) is 9.15 Å². The summed E-state index contributed by atoms with van der Waals surface area (Å²) in [6.45, 7) is 2.39. The van der Waals surface area contributed by atoms with Crippen LogP contribution in [-0.2, 0) is 11.3 Å². The van der Waals surface area contributed by atoms with E-state index in [9.17, 15) is 0 Å². The molecule has 1 aliphatic rings. The molecule has 3 nitrogen and oxygen atoms in total. The van der Waals surface area contributed by atoms with Crippen LogP contribution in [0.2, 0.25) is 0 Å². The second kappa shape index (κ2) is 7.43. The van der Waals surface area contributed by atoms with Crippen LogP contribution in [-0.4, -0.2) is 19.2 Å². The van der Waals surface area contributed by atoms with Gasteiger partial charge in [-0.1, -0.05) is 30.3 Å². The van der Waals surface area contributed by atoms with Crippen LogP contribution in [0.15, 0.2) is 53.1 Å². The van der Waals surface area contributed by atoms with Crippen LogP contribution in [0.1, 0.15) is 36.5 Å². The van der Waals surface area contributed by atoms with E-state index in [1.807, 2.05) is 12.1 Å². The molecule has 0 unspecified atom stereocenters. The van der Waals surface area contributed by atoms with E-state index in [1.54, 1.807) is 6.26 Å². The quantitative estimate of drug-likeness (QED) is 0.751. The fourth-order valence-corrected chi connectivity index (χ4v) is 2.83. The van der Waals surface area contributed by atoms with Crippen LogP contribution in [0, 0.1) is 0 Å². The van der Waals surface area contributed by atoms with Crippen LogP contribution >= 0.6 is 0 Å². The minimum Gasteiger partial charge on any atom is -0.467 e. The standard InChI is InChI=1S/C18H23NO2/c1-2-6-15(7-3-1)16-12-17(13-16)19-9-5-10-20-14-18-8-4-11-21-18/h1-4,6-8,11,16-17,19H,5,9-10,12-14H2. The summed E-state index contributed by atoms with van der Waals surface area (Å²) < 4.78 is 10.8. The van der Waals surface area contributed by atoms with E-state index in [-0.39, 0.29) is 0 Å². The first-order valence-electron chi connectivity index (χ1n) is 7.80. The zero-order valence-electron chi connectivity index (χ0n) is 12.3. The molecule has 0 spiro atoms. The van der Waals surface area contributed by atoms with Crippen molar-refractivity contribution < 1.29 is 9.15 Å². The summed E-state index contributed by atoms with van der Waals surface area (Å²) >= 11 is 0. The second-order valence-electron chi connectivity index (χ2n) is 5.72. The Kier molecular flexibility index (Phi) is 5.08. The van der Waals surface area contributed by atoms with Crippen molar-refractivity contribution in [1.29, 1.82) is 0 Å². The monoisotopic (exact) mass is 285 g/mol. The molecule has 1 heterocycles. The molecule has 0 amide bonds. The summed E-state index contributed by atoms with van der Waals surface area (Å²) in [6, 6.07) is 15.3. The Hall–Kier alpha value is -1.58. The van der Waals surface area contributed by atoms with Crippen molar-refractivity contribution in [3.8, 4) is 0 Å². The van der Waals surface area contributed by atoms with Crippen molar-refractivity contribution in [2.45, 2.75) is 37.8 Å². The van der Waals surface area contributed by atoms with Gasteiger partial charge in [0.05, 0.1) is 6.26 Å². The predicted octanol–water partition coefficient (Wildman–Crippen LogP) is 3.72. The first-order chi connectivity index (χ1) is 10.4. The van der Waals surface area contributed by atoms with E-state index < -0.39 is 0 Å². The van der Waals surface area contributed by atoms with Gasteiger partial charge in [0, 0.05) is 12.6 Å². The molecule has 1 aromatic heterocycles. The van der Waals surface area contributed by atoms with Gasteiger partial charge in [-0.2, -0.15) is 0 Å². The first kappa shape index (κ1) is 14.4. The summed E-state index contributed by atoms with van der Waals surface area (Å²) in [5, 5.41) is 3.61. The molecule has 3 rings (SSSR count). The minimum atomic E-state index is 0.576. The third-order valence-corrected chi connectivity index (χ3v) is 4.13. The zero-order chi connectivity index (χ0) is 14.3. The Balaban J connectivity index is 1.22. The Morgan fingerprint density at radius 3 is 2.71 bits per heavy atom. The van der Waals surface area contributed by atoms with Gasteiger partial charge in [0.15, 0.2) is 0 Å². The van der Waals surface area contributed by atoms with Gasteiger partial charge in [0.2, 0.25) is 0 Å². The van der Waals surface area contributed by atoms with E-state index in [0.717, 1.165) is 31.3 Å². The summed E-state index contributed by atoms with van der Waals surface area (Å²) in [7, 11) is 0. The largest absolute Gasteiger partial charge is 0.467 e. The van der Waals surface area contributed by atoms with Crippen LogP contribution in [0.3, 0.4) is 0 Å². The summed E-state index contributed by atoms with van der Waals surface area (Å²) in [6.07, 6.45) is 5.25. The molecule has 0 bridgehead atoms. The lowest BCUT2D eigenvalue weighted by molar-refractivity contribution is 0.102. The summed E-state index contributed by atoms with van der Waals surface area (Å²) in [4.78, 5) is 0. The molecule has 1 N–H and O–H groups in total. The van der Waals surface area contributed by atoms with Crippen molar-refractivity contribution in [2.75, 3.05) is 13.2 Å². The van der Waals surface area contributed by atoms with E-state index in [1.165, 1.54) is 18.4 Å². The number of nitrogens with one attached hydrogen (secondary N) is 1. The third-order valence-electron chi connectivity index (χ3n) is 4.13. The van der Waals surface area contributed by atoms with Crippen molar-refractivity contribution in [3.05, 3.63) is 60.1 Å². The molecule has 112 valence electrons. The number of hydrogen-bond acceptors (Lipinski definition) is 3. The van der Waals surface area contributed by atoms with Crippen LogP contribution in [0.4, 0.5) is 0 Å². The molecular weight excluding hydrogens is 262 g/mol. The van der Waals surface area contributed by atoms with Crippen molar-refractivity contribution >= 4 is 0 Å². The van der Waals surface area contributed by atoms with Gasteiger partial charge in [-0.25, -0.2) is 0 Å². The molecule has 1 aromatic carbocycles. The molecule has 1 saturated carbocycles. The van der Waals surface area contributed by atoms with E-state index in [0.29, 0.717) is 12.6 Å². The number of furan rings is 1. The molecule has 3 heteroatoms. The van der Waals surface area contributed by atoms with Crippen molar-refractivity contribution in [1.82, 2.24) is 5.32 Å². The summed E-state index contributed by atoms with van der Waals surface area (Å²) in [5.41, 5.74) is 1.48. The Labute approximate surface area is 126 Å². The van der Waals surface area contributed by atoms with Crippen LogP contribution in [0.5, 0.6) is 0 Å². The molecule has 1 fully saturated rings. The summed E-state index contributed by atoms with van der Waals surface area (Å²) in [5.74, 6) is 1.64. The van der Waals surface area contributed by atoms with Gasteiger partial charge in [-0.3, -0.25) is 0 Å². The fourth-order valence-electron chi connectivity index (χ4n) is 2.83. The van der Waals surface area contributed by atoms with Gasteiger partial charge < -0.3 is 14.5 Å². The normalized spacial score (nSPS) is 21.1. The maximum atomic E-state index is 5.57. The van der Waals surface area contributed by atoms with Crippen molar-refractivity contribution in [3.63, 3.8) is 0 Å². The molecular formula is C18H23NO2. The number of benzene rings is 1. The number of hydrogen-bond donors (Lipinski definition) is 1. The maximum absolute atomic E-state index is 5.57. The van der Waals surface area contributed by atoms with E-state index in [2.05, 4.69) is 35.6 Å². The fraction of sp³-hybridized carbons (Fsp3) is 0.444. The highest BCUT2D eigenvalue weighted by Crippen LogP contribution is 2.36. The number of rotatable bonds is 8. The smallest absolute Gasteiger partial charge is 0.129 e. The minimum absolute atomic E-state index is 0.576. The van der Waals surface area contributed by atoms with Crippen LogP contribution < -0.4 is 5.32 Å². The third kappa shape index (κ3) is 4.19. The molecule has 0 atom stereocenters. The Morgan fingerprint density at radius 1 is 1.10 bits per heavy atom. The molecule has 0 saturated heterocycles. The Morgan fingerprint density at radius 2 is 1.95 bits per heavy atom. The molecule has 0 aliphatic heterocycles. The average molecular weight is 285 g/mol. The van der Waals surface area contributed by atoms with Gasteiger partial charge in [-0.05, 0) is 49.4 Å². The second-order valence-corrected chi connectivity index (χ2v) is 5.72. The first-order valence-corrected chi connectivity index (χ1v) is 7.80. The molecule has 2 aromatic rings. The maximum Gasteiger partial charge on any atom is 0.129 e. The predicted molar refractivity (Wildman–Crippen MR) is 83.2 cm³/mol. The van der Waals surface area contributed by atoms with Gasteiger partial charge in [0.1, 0.15) is 12.4 Å². The van der Waals surface area contributed by atoms with Gasteiger partial charge in [-0.15, -0.1) is 0 Å². The molecule has 0 radical (unpaired) electrons. The number of ether oxygens (including phenoxy) is 1. The van der Waals surface area contributed by atoms with Gasteiger partial charge >= 0.3 is 0 Å². The van der Waals surface area contributed by atoms with Gasteiger partial charge in [0.25, 0.3) is 0 Å². The molecule has 21 heavy (non-hydrogen) atoms. The SMILES string of the molecule is c1ccc(C2CC(NCCCOCc3ccco3)C2)cc1. The topological polar surface area (TPSA) is 34.4 Å². The lowest BCUT2D eigenvalue weighted by Crippen LogP contribution is -2.40. The lowest BCUT2D eigenvalue weighted by atomic mass is 9.76. The highest BCUT2D eigenvalue weighted by atomic mass is 16.5. The van der Waals surface area contributed by atoms with E-state index >= 15 is 0 Å². The lowest BCUT2D eigenvalue weighted by Gasteiger charge is -2.36. The van der Waals surface area contributed by atoms with Crippen molar-refractivity contribution in [2.24, 2.45) is 0 Å². The highest BCUT2D eigenvalue weighted by molar-refractivity contribution is 5.22. The Bertz CT molecular complexity index is 503. The molecule has 1 aliphatic carbocycles. The zero-order valence-corrected chi connectivity index (χ0v) is 12.3.